The zero-order chi connectivity index (χ0) is 12.6. The molecule has 7 heteroatoms. The Morgan fingerprint density at radius 2 is 1.81 bits per heavy atom. The van der Waals surface area contributed by atoms with Crippen LogP contribution in [-0.4, -0.2) is 60.4 Å². The van der Waals surface area contributed by atoms with Gasteiger partial charge in [0.05, 0.1) is 12.2 Å². The Morgan fingerprint density at radius 3 is 2.19 bits per heavy atom. The third kappa shape index (κ3) is 8.42. The summed E-state index contributed by atoms with van der Waals surface area (Å²) in [6.45, 7) is 3.78. The molecule has 2 unspecified atom stereocenters. The summed E-state index contributed by atoms with van der Waals surface area (Å²) >= 11 is 0. The van der Waals surface area contributed by atoms with E-state index in [0.717, 1.165) is 0 Å². The Kier molecular flexibility index (Phi) is 7.82. The van der Waals surface area contributed by atoms with Crippen LogP contribution in [0.4, 0.5) is 4.79 Å². The average Bonchev–Trinajstić information content (AvgIpc) is 2.12. The van der Waals surface area contributed by atoms with E-state index in [4.69, 9.17) is 0 Å². The maximum atomic E-state index is 11.3. The zero-order valence-electron chi connectivity index (χ0n) is 9.93. The number of aliphatic hydroxyl groups excluding tert-OH is 2. The van der Waals surface area contributed by atoms with Crippen LogP contribution < -0.4 is 10.7 Å². The topological polar surface area (TPSA) is 94.1 Å². The predicted octanol–water partition coefficient (Wildman–Crippen LogP) is -1.13. The molecule has 4 N–H and O–H groups in total. The van der Waals surface area contributed by atoms with Crippen LogP contribution in [0, 0.1) is 0 Å². The van der Waals surface area contributed by atoms with Gasteiger partial charge in [-0.2, -0.15) is 0 Å². The third-order valence-corrected chi connectivity index (χ3v) is 1.61. The molecule has 0 spiro atoms. The molecule has 0 heterocycles. The number of ether oxygens (including phenoxy) is 1. The summed E-state index contributed by atoms with van der Waals surface area (Å²) in [5, 5.41) is 22.3. The fourth-order valence-corrected chi connectivity index (χ4v) is 1.12. The summed E-state index contributed by atoms with van der Waals surface area (Å²) in [6.07, 6.45) is -1.19. The van der Waals surface area contributed by atoms with Crippen LogP contribution in [0.3, 0.4) is 0 Å². The first-order valence-corrected chi connectivity index (χ1v) is 5.10. The summed E-state index contributed by atoms with van der Waals surface area (Å²) in [4.78, 5) is 11.3. The van der Waals surface area contributed by atoms with E-state index in [-0.39, 0.29) is 19.8 Å². The maximum absolute atomic E-state index is 11.3. The van der Waals surface area contributed by atoms with E-state index >= 15 is 0 Å². The van der Waals surface area contributed by atoms with Gasteiger partial charge in [0.25, 0.3) is 0 Å². The van der Waals surface area contributed by atoms with Gasteiger partial charge in [-0.15, -0.1) is 0 Å². The standard InChI is InChI=1S/C9H21N3O4/c1-7(13)4-12(5-8(2)14)11-9(15)10-6-16-3/h7-8,13-14H,4-6H2,1-3H3,(H2,10,11,15). The second kappa shape index (κ2) is 8.28. The van der Waals surface area contributed by atoms with Crippen LogP contribution in [0.2, 0.25) is 0 Å². The number of hydrazine groups is 1. The van der Waals surface area contributed by atoms with Gasteiger partial charge in [0.2, 0.25) is 0 Å². The lowest BCUT2D eigenvalue weighted by atomic mass is 10.3. The van der Waals surface area contributed by atoms with Gasteiger partial charge in [-0.05, 0) is 13.8 Å². The number of urea groups is 1. The molecule has 0 saturated carbocycles. The minimum atomic E-state index is -0.596. The smallest absolute Gasteiger partial charge is 0.331 e. The number of hydrogen-bond acceptors (Lipinski definition) is 5. The number of nitrogens with one attached hydrogen (secondary N) is 2. The van der Waals surface area contributed by atoms with Crippen molar-refractivity contribution in [3.05, 3.63) is 0 Å². The highest BCUT2D eigenvalue weighted by Gasteiger charge is 2.13. The second-order valence-corrected chi connectivity index (χ2v) is 3.65. The van der Waals surface area contributed by atoms with Crippen molar-refractivity contribution in [2.24, 2.45) is 0 Å². The minimum Gasteiger partial charge on any atom is -0.392 e. The van der Waals surface area contributed by atoms with E-state index in [9.17, 15) is 15.0 Å². The highest BCUT2D eigenvalue weighted by atomic mass is 16.5. The number of carbonyl (C=O) groups excluding carboxylic acids is 1. The van der Waals surface area contributed by atoms with Crippen molar-refractivity contribution >= 4 is 6.03 Å². The summed E-state index contributed by atoms with van der Waals surface area (Å²) in [5.41, 5.74) is 2.50. The van der Waals surface area contributed by atoms with Crippen molar-refractivity contribution in [1.82, 2.24) is 15.8 Å². The second-order valence-electron chi connectivity index (χ2n) is 3.65. The molecule has 16 heavy (non-hydrogen) atoms. The molecular formula is C9H21N3O4. The fraction of sp³-hybridized carbons (Fsp3) is 0.889. The molecule has 0 fully saturated rings. The Hall–Kier alpha value is -0.890. The molecular weight excluding hydrogens is 214 g/mol. The van der Waals surface area contributed by atoms with Crippen LogP contribution >= 0.6 is 0 Å². The third-order valence-electron chi connectivity index (χ3n) is 1.61. The lowest BCUT2D eigenvalue weighted by molar-refractivity contribution is 0.0585. The van der Waals surface area contributed by atoms with Crippen molar-refractivity contribution in [2.75, 3.05) is 26.9 Å². The van der Waals surface area contributed by atoms with Gasteiger partial charge < -0.3 is 20.3 Å². The van der Waals surface area contributed by atoms with Gasteiger partial charge in [-0.1, -0.05) is 0 Å². The van der Waals surface area contributed by atoms with Crippen LogP contribution in [0.5, 0.6) is 0 Å². The van der Waals surface area contributed by atoms with Crippen LogP contribution in [0.15, 0.2) is 0 Å². The Bertz CT molecular complexity index is 189. The molecule has 0 aromatic rings. The van der Waals surface area contributed by atoms with E-state index in [2.05, 4.69) is 15.5 Å². The van der Waals surface area contributed by atoms with Gasteiger partial charge in [-0.25, -0.2) is 9.80 Å². The molecule has 0 radical (unpaired) electrons. The number of nitrogens with zero attached hydrogens (tertiary/aromatic N) is 1. The van der Waals surface area contributed by atoms with Gasteiger partial charge in [0, 0.05) is 20.2 Å². The minimum absolute atomic E-state index is 0.100. The van der Waals surface area contributed by atoms with Gasteiger partial charge in [-0.3, -0.25) is 5.43 Å². The summed E-state index contributed by atoms with van der Waals surface area (Å²) in [5.74, 6) is 0. The first-order chi connectivity index (χ1) is 7.45. The zero-order valence-corrected chi connectivity index (χ0v) is 9.93. The number of carbonyl (C=O) groups is 1. The van der Waals surface area contributed by atoms with E-state index < -0.39 is 18.2 Å². The molecule has 0 aliphatic rings. The van der Waals surface area contributed by atoms with Crippen molar-refractivity contribution in [1.29, 1.82) is 0 Å². The van der Waals surface area contributed by atoms with Crippen LogP contribution in [-0.2, 0) is 4.74 Å². The highest BCUT2D eigenvalue weighted by molar-refractivity contribution is 5.73. The van der Waals surface area contributed by atoms with Crippen molar-refractivity contribution in [2.45, 2.75) is 26.1 Å². The summed E-state index contributed by atoms with van der Waals surface area (Å²) in [7, 11) is 1.46. The average molecular weight is 235 g/mol. The molecule has 0 aliphatic heterocycles. The van der Waals surface area contributed by atoms with Crippen LogP contribution in [0.25, 0.3) is 0 Å². The van der Waals surface area contributed by atoms with Crippen molar-refractivity contribution < 1.29 is 19.7 Å². The number of rotatable bonds is 7. The van der Waals surface area contributed by atoms with Gasteiger partial charge in [0.1, 0.15) is 6.73 Å². The van der Waals surface area contributed by atoms with Gasteiger partial charge in [0.15, 0.2) is 0 Å². The number of amides is 2. The Balaban J connectivity index is 4.03. The SMILES string of the molecule is COCNC(=O)NN(CC(C)O)CC(C)O. The van der Waals surface area contributed by atoms with E-state index in [1.165, 1.54) is 12.1 Å². The largest absolute Gasteiger partial charge is 0.392 e. The quantitative estimate of drug-likeness (QED) is 0.331. The fourth-order valence-electron chi connectivity index (χ4n) is 1.12. The van der Waals surface area contributed by atoms with E-state index in [0.29, 0.717) is 0 Å². The highest BCUT2D eigenvalue weighted by Crippen LogP contribution is 1.91. The molecule has 0 aromatic carbocycles. The first-order valence-electron chi connectivity index (χ1n) is 5.10. The van der Waals surface area contributed by atoms with E-state index in [1.807, 2.05) is 0 Å². The Labute approximate surface area is 95.4 Å². The molecule has 2 amide bonds. The molecule has 0 aliphatic carbocycles. The molecule has 0 rings (SSSR count). The van der Waals surface area contributed by atoms with E-state index in [1.54, 1.807) is 13.8 Å². The number of methoxy groups -OCH3 is 1. The lowest BCUT2D eigenvalue weighted by Gasteiger charge is -2.25. The van der Waals surface area contributed by atoms with Crippen molar-refractivity contribution in [3.8, 4) is 0 Å². The molecule has 2 atom stereocenters. The number of aliphatic hydroxyl groups is 2. The molecule has 0 bridgehead atoms. The monoisotopic (exact) mass is 235 g/mol. The molecule has 7 nitrogen and oxygen atoms in total. The first kappa shape index (κ1) is 15.1. The molecule has 0 aromatic heterocycles. The van der Waals surface area contributed by atoms with Crippen molar-refractivity contribution in [3.63, 3.8) is 0 Å². The molecule has 0 saturated heterocycles. The summed E-state index contributed by atoms with van der Waals surface area (Å²) < 4.78 is 4.67. The maximum Gasteiger partial charge on any atom is 0.331 e. The molecule has 96 valence electrons. The predicted molar refractivity (Wildman–Crippen MR) is 58.5 cm³/mol. The van der Waals surface area contributed by atoms with Gasteiger partial charge >= 0.3 is 6.03 Å². The lowest BCUT2D eigenvalue weighted by Crippen LogP contribution is -2.51. The summed E-state index contributed by atoms with van der Waals surface area (Å²) in [6, 6.07) is -0.442. The normalized spacial score (nSPS) is 14.6. The number of hydrogen-bond donors (Lipinski definition) is 4. The Morgan fingerprint density at radius 1 is 1.31 bits per heavy atom. The van der Waals surface area contributed by atoms with Crippen LogP contribution in [0.1, 0.15) is 13.8 Å².